The molecule has 1 heterocycles. The molecule has 2 aromatic carbocycles. The molecule has 0 atom stereocenters. The van der Waals surface area contributed by atoms with Crippen LogP contribution >= 0.6 is 11.6 Å². The standard InChI is InChI=1S/C22H25ClN2O4/c1-22(2,3)21(27)24-16-7-10-19-18(13-16)25(20(26)14-29-19)11-4-12-28-17-8-5-15(23)6-9-17/h5-10,13H,4,11-12,14H2,1-3H3,(H,24,27). The lowest BCUT2D eigenvalue weighted by Gasteiger charge is -2.30. The molecule has 0 aromatic heterocycles. The number of carbonyl (C=O) groups is 2. The molecule has 7 heteroatoms. The maximum absolute atomic E-state index is 12.4. The summed E-state index contributed by atoms with van der Waals surface area (Å²) in [6.45, 7) is 6.49. The fourth-order valence-corrected chi connectivity index (χ4v) is 2.91. The molecule has 0 saturated carbocycles. The number of benzene rings is 2. The smallest absolute Gasteiger partial charge is 0.265 e. The molecule has 0 unspecified atom stereocenters. The van der Waals surface area contributed by atoms with Gasteiger partial charge in [0.15, 0.2) is 6.61 Å². The van der Waals surface area contributed by atoms with Gasteiger partial charge in [0.2, 0.25) is 5.91 Å². The van der Waals surface area contributed by atoms with E-state index in [-0.39, 0.29) is 18.4 Å². The minimum Gasteiger partial charge on any atom is -0.494 e. The van der Waals surface area contributed by atoms with Crippen LogP contribution in [0, 0.1) is 5.41 Å². The number of amides is 2. The second kappa shape index (κ2) is 8.74. The quantitative estimate of drug-likeness (QED) is 0.703. The van der Waals surface area contributed by atoms with Crippen molar-refractivity contribution in [1.82, 2.24) is 0 Å². The van der Waals surface area contributed by atoms with Crippen LogP contribution in [0.2, 0.25) is 5.02 Å². The Morgan fingerprint density at radius 2 is 1.93 bits per heavy atom. The monoisotopic (exact) mass is 416 g/mol. The highest BCUT2D eigenvalue weighted by Crippen LogP contribution is 2.35. The first-order valence-electron chi connectivity index (χ1n) is 9.51. The van der Waals surface area contributed by atoms with Gasteiger partial charge in [-0.1, -0.05) is 32.4 Å². The minimum atomic E-state index is -0.513. The highest BCUT2D eigenvalue weighted by Gasteiger charge is 2.27. The van der Waals surface area contributed by atoms with E-state index >= 15 is 0 Å². The average molecular weight is 417 g/mol. The van der Waals surface area contributed by atoms with Gasteiger partial charge in [0.1, 0.15) is 11.5 Å². The fourth-order valence-electron chi connectivity index (χ4n) is 2.79. The number of rotatable bonds is 6. The summed E-state index contributed by atoms with van der Waals surface area (Å²) in [7, 11) is 0. The summed E-state index contributed by atoms with van der Waals surface area (Å²) in [5.74, 6) is 1.14. The zero-order valence-corrected chi connectivity index (χ0v) is 17.6. The van der Waals surface area contributed by atoms with E-state index < -0.39 is 5.41 Å². The predicted octanol–water partition coefficient (Wildman–Crippen LogP) is 4.52. The molecule has 1 N–H and O–H groups in total. The maximum atomic E-state index is 12.4. The van der Waals surface area contributed by atoms with Crippen LogP contribution in [0.4, 0.5) is 11.4 Å². The lowest BCUT2D eigenvalue weighted by molar-refractivity contribution is -0.123. The highest BCUT2D eigenvalue weighted by atomic mass is 35.5. The summed E-state index contributed by atoms with van der Waals surface area (Å²) in [5, 5.41) is 3.55. The Morgan fingerprint density at radius 1 is 1.21 bits per heavy atom. The summed E-state index contributed by atoms with van der Waals surface area (Å²) < 4.78 is 11.2. The Bertz CT molecular complexity index is 891. The number of anilines is 2. The molecule has 0 fully saturated rings. The van der Waals surface area contributed by atoms with Crippen molar-refractivity contribution in [1.29, 1.82) is 0 Å². The number of halogens is 1. The van der Waals surface area contributed by atoms with E-state index in [1.54, 1.807) is 35.2 Å². The highest BCUT2D eigenvalue weighted by molar-refractivity contribution is 6.30. The normalized spacial score (nSPS) is 13.5. The van der Waals surface area contributed by atoms with Crippen LogP contribution in [0.3, 0.4) is 0 Å². The van der Waals surface area contributed by atoms with Crippen LogP contribution in [0.15, 0.2) is 42.5 Å². The first-order valence-corrected chi connectivity index (χ1v) is 9.89. The van der Waals surface area contributed by atoms with Gasteiger partial charge in [0.05, 0.1) is 12.3 Å². The van der Waals surface area contributed by atoms with Gasteiger partial charge in [-0.3, -0.25) is 9.59 Å². The second-order valence-electron chi connectivity index (χ2n) is 7.88. The molecular formula is C22H25ClN2O4. The van der Waals surface area contributed by atoms with E-state index in [4.69, 9.17) is 21.1 Å². The topological polar surface area (TPSA) is 67.9 Å². The number of fused-ring (bicyclic) bond motifs is 1. The molecule has 0 radical (unpaired) electrons. The van der Waals surface area contributed by atoms with Gasteiger partial charge in [-0.05, 0) is 48.9 Å². The molecule has 6 nitrogen and oxygen atoms in total. The summed E-state index contributed by atoms with van der Waals surface area (Å²) in [6, 6.07) is 12.5. The van der Waals surface area contributed by atoms with Gasteiger partial charge >= 0.3 is 0 Å². The summed E-state index contributed by atoms with van der Waals surface area (Å²) >= 11 is 5.87. The summed E-state index contributed by atoms with van der Waals surface area (Å²) in [5.41, 5.74) is 0.768. The van der Waals surface area contributed by atoms with Gasteiger partial charge in [-0.2, -0.15) is 0 Å². The lowest BCUT2D eigenvalue weighted by atomic mass is 9.95. The van der Waals surface area contributed by atoms with Crippen molar-refractivity contribution >= 4 is 34.8 Å². The van der Waals surface area contributed by atoms with E-state index in [1.807, 2.05) is 32.9 Å². The molecule has 0 saturated heterocycles. The Hall–Kier alpha value is -2.73. The van der Waals surface area contributed by atoms with Crippen molar-refractivity contribution in [2.75, 3.05) is 30.0 Å². The van der Waals surface area contributed by atoms with Crippen LogP contribution in [-0.4, -0.2) is 31.6 Å². The molecule has 3 rings (SSSR count). The number of ether oxygens (including phenoxy) is 2. The van der Waals surface area contributed by atoms with Crippen LogP contribution in [0.5, 0.6) is 11.5 Å². The number of hydrogen-bond donors (Lipinski definition) is 1. The minimum absolute atomic E-state index is 0.00125. The second-order valence-corrected chi connectivity index (χ2v) is 8.31. The van der Waals surface area contributed by atoms with Crippen molar-refractivity contribution in [3.8, 4) is 11.5 Å². The predicted molar refractivity (Wildman–Crippen MR) is 114 cm³/mol. The summed E-state index contributed by atoms with van der Waals surface area (Å²) in [6.07, 6.45) is 0.645. The molecule has 0 aliphatic carbocycles. The molecule has 0 bridgehead atoms. The van der Waals surface area contributed by atoms with E-state index in [2.05, 4.69) is 5.32 Å². The van der Waals surface area contributed by atoms with E-state index in [0.717, 1.165) is 5.75 Å². The van der Waals surface area contributed by atoms with Crippen molar-refractivity contribution in [3.05, 3.63) is 47.5 Å². The Balaban J connectivity index is 1.65. The third kappa shape index (κ3) is 5.41. The third-order valence-corrected chi connectivity index (χ3v) is 4.70. The van der Waals surface area contributed by atoms with Crippen molar-refractivity contribution in [2.24, 2.45) is 5.41 Å². The SMILES string of the molecule is CC(C)(C)C(=O)Nc1ccc2c(c1)N(CCCOc1ccc(Cl)cc1)C(=O)CO2. The van der Waals surface area contributed by atoms with Crippen LogP contribution in [0.1, 0.15) is 27.2 Å². The zero-order chi connectivity index (χ0) is 21.0. The van der Waals surface area contributed by atoms with Crippen molar-refractivity contribution in [3.63, 3.8) is 0 Å². The van der Waals surface area contributed by atoms with Crippen molar-refractivity contribution < 1.29 is 19.1 Å². The van der Waals surface area contributed by atoms with Crippen LogP contribution in [0.25, 0.3) is 0 Å². The lowest BCUT2D eigenvalue weighted by Crippen LogP contribution is -2.40. The third-order valence-electron chi connectivity index (χ3n) is 4.45. The fraction of sp³-hybridized carbons (Fsp3) is 0.364. The van der Waals surface area contributed by atoms with Gasteiger partial charge in [0, 0.05) is 22.7 Å². The number of nitrogens with zero attached hydrogens (tertiary/aromatic N) is 1. The summed E-state index contributed by atoms with van der Waals surface area (Å²) in [4.78, 5) is 26.4. The first kappa shape index (κ1) is 21.0. The average Bonchev–Trinajstić information content (AvgIpc) is 2.67. The zero-order valence-electron chi connectivity index (χ0n) is 16.8. The largest absolute Gasteiger partial charge is 0.494 e. The Labute approximate surface area is 175 Å². The van der Waals surface area contributed by atoms with Gasteiger partial charge in [-0.25, -0.2) is 0 Å². The molecule has 1 aliphatic rings. The molecular weight excluding hydrogens is 392 g/mol. The van der Waals surface area contributed by atoms with Gasteiger partial charge in [0.25, 0.3) is 5.91 Å². The molecule has 154 valence electrons. The Morgan fingerprint density at radius 3 is 2.62 bits per heavy atom. The maximum Gasteiger partial charge on any atom is 0.265 e. The number of hydrogen-bond acceptors (Lipinski definition) is 4. The van der Waals surface area contributed by atoms with E-state index in [0.29, 0.717) is 41.7 Å². The van der Waals surface area contributed by atoms with Gasteiger partial charge < -0.3 is 19.7 Å². The number of carbonyl (C=O) groups excluding carboxylic acids is 2. The van der Waals surface area contributed by atoms with Crippen LogP contribution in [-0.2, 0) is 9.59 Å². The van der Waals surface area contributed by atoms with Crippen LogP contribution < -0.4 is 19.7 Å². The first-order chi connectivity index (χ1) is 13.7. The van der Waals surface area contributed by atoms with Crippen molar-refractivity contribution in [2.45, 2.75) is 27.2 Å². The van der Waals surface area contributed by atoms with Gasteiger partial charge in [-0.15, -0.1) is 0 Å². The Kier molecular flexibility index (Phi) is 6.33. The van der Waals surface area contributed by atoms with E-state index in [9.17, 15) is 9.59 Å². The number of nitrogens with one attached hydrogen (secondary N) is 1. The molecule has 0 spiro atoms. The molecule has 29 heavy (non-hydrogen) atoms. The molecule has 2 amide bonds. The van der Waals surface area contributed by atoms with E-state index in [1.165, 1.54) is 0 Å². The molecule has 2 aromatic rings. The molecule has 1 aliphatic heterocycles.